The van der Waals surface area contributed by atoms with Gasteiger partial charge in [-0.1, -0.05) is 42.1 Å². The number of carbonyl (C=O) groups excluding carboxylic acids is 1. The molecule has 2 N–H and O–H groups in total. The first-order chi connectivity index (χ1) is 14.0. The van der Waals surface area contributed by atoms with Crippen molar-refractivity contribution in [1.29, 1.82) is 0 Å². The van der Waals surface area contributed by atoms with Crippen molar-refractivity contribution in [2.75, 3.05) is 11.1 Å². The number of H-pyrrole nitrogens is 1. The van der Waals surface area contributed by atoms with E-state index in [1.54, 1.807) is 0 Å². The SMILES string of the molecule is O=C(CSc1nc(-c2ccccc2)nc2cc(=O)[nH]n12)Nc1cc(F)ccc1F. The van der Waals surface area contributed by atoms with Crippen molar-refractivity contribution in [2.45, 2.75) is 5.16 Å². The predicted octanol–water partition coefficient (Wildman–Crippen LogP) is 3.09. The summed E-state index contributed by atoms with van der Waals surface area (Å²) >= 11 is 1.02. The van der Waals surface area contributed by atoms with Gasteiger partial charge in [0.2, 0.25) is 5.91 Å². The Morgan fingerprint density at radius 3 is 2.69 bits per heavy atom. The molecule has 146 valence electrons. The minimum absolute atomic E-state index is 0.142. The fourth-order valence-corrected chi connectivity index (χ4v) is 3.36. The van der Waals surface area contributed by atoms with Crippen LogP contribution in [0.5, 0.6) is 0 Å². The lowest BCUT2D eigenvalue weighted by Gasteiger charge is -2.08. The van der Waals surface area contributed by atoms with Gasteiger partial charge >= 0.3 is 0 Å². The Morgan fingerprint density at radius 1 is 1.10 bits per heavy atom. The van der Waals surface area contributed by atoms with Crippen LogP contribution in [0.3, 0.4) is 0 Å². The summed E-state index contributed by atoms with van der Waals surface area (Å²) in [5.41, 5.74) is 0.486. The summed E-state index contributed by atoms with van der Waals surface area (Å²) in [6, 6.07) is 13.3. The standard InChI is InChI=1S/C19H13F2N5O2S/c20-12-6-7-13(21)14(8-12)22-17(28)10-29-19-24-18(11-4-2-1-3-5-11)23-15-9-16(27)25-26(15)19/h1-9H,10H2,(H,22,28)(H,25,27). The highest BCUT2D eigenvalue weighted by atomic mass is 32.2. The third kappa shape index (κ3) is 4.16. The van der Waals surface area contributed by atoms with Gasteiger partial charge in [-0.25, -0.2) is 23.3 Å². The lowest BCUT2D eigenvalue weighted by Crippen LogP contribution is -2.16. The van der Waals surface area contributed by atoms with Crippen LogP contribution in [0.1, 0.15) is 0 Å². The van der Waals surface area contributed by atoms with E-state index < -0.39 is 17.5 Å². The summed E-state index contributed by atoms with van der Waals surface area (Å²) in [5, 5.41) is 5.22. The molecule has 0 aliphatic rings. The van der Waals surface area contributed by atoms with Crippen LogP contribution < -0.4 is 10.9 Å². The molecule has 4 aromatic rings. The highest BCUT2D eigenvalue weighted by Crippen LogP contribution is 2.22. The summed E-state index contributed by atoms with van der Waals surface area (Å²) in [4.78, 5) is 32.7. The molecule has 0 saturated carbocycles. The van der Waals surface area contributed by atoms with E-state index in [0.717, 1.165) is 35.5 Å². The fourth-order valence-electron chi connectivity index (χ4n) is 2.61. The number of nitrogens with one attached hydrogen (secondary N) is 2. The summed E-state index contributed by atoms with van der Waals surface area (Å²) in [7, 11) is 0. The number of aromatic amines is 1. The first-order valence-electron chi connectivity index (χ1n) is 8.42. The molecule has 10 heteroatoms. The Balaban J connectivity index is 1.59. The number of aromatic nitrogens is 4. The number of hydrogen-bond donors (Lipinski definition) is 2. The van der Waals surface area contributed by atoms with Gasteiger partial charge in [-0.15, -0.1) is 0 Å². The molecule has 4 rings (SSSR count). The molecule has 0 unspecified atom stereocenters. The first kappa shape index (κ1) is 18.8. The van der Waals surface area contributed by atoms with E-state index in [4.69, 9.17) is 0 Å². The van der Waals surface area contributed by atoms with Crippen molar-refractivity contribution < 1.29 is 13.6 Å². The second kappa shape index (κ2) is 7.84. The van der Waals surface area contributed by atoms with E-state index in [0.29, 0.717) is 16.6 Å². The second-order valence-corrected chi connectivity index (χ2v) is 6.91. The molecule has 29 heavy (non-hydrogen) atoms. The van der Waals surface area contributed by atoms with Crippen LogP contribution >= 0.6 is 11.8 Å². The van der Waals surface area contributed by atoms with E-state index in [2.05, 4.69) is 20.4 Å². The molecule has 0 spiro atoms. The van der Waals surface area contributed by atoms with Gasteiger partial charge in [0.15, 0.2) is 16.6 Å². The summed E-state index contributed by atoms with van der Waals surface area (Å²) in [6.07, 6.45) is 0. The van der Waals surface area contributed by atoms with Gasteiger partial charge < -0.3 is 5.32 Å². The van der Waals surface area contributed by atoms with Crippen molar-refractivity contribution in [3.05, 3.63) is 76.6 Å². The molecule has 2 aromatic carbocycles. The van der Waals surface area contributed by atoms with Crippen LogP contribution in [-0.2, 0) is 4.79 Å². The normalized spacial score (nSPS) is 11.0. The van der Waals surface area contributed by atoms with Crippen LogP contribution in [0.4, 0.5) is 14.5 Å². The van der Waals surface area contributed by atoms with Gasteiger partial charge in [-0.2, -0.15) is 0 Å². The minimum Gasteiger partial charge on any atom is -0.323 e. The molecule has 2 aromatic heterocycles. The largest absolute Gasteiger partial charge is 0.323 e. The fraction of sp³-hybridized carbons (Fsp3) is 0.0526. The van der Waals surface area contributed by atoms with Gasteiger partial charge in [0.05, 0.1) is 11.4 Å². The zero-order chi connectivity index (χ0) is 20.4. The molecule has 0 bridgehead atoms. The Hall–Kier alpha value is -3.53. The summed E-state index contributed by atoms with van der Waals surface area (Å²) < 4.78 is 28.3. The molecule has 1 amide bonds. The number of amides is 1. The first-order valence-corrected chi connectivity index (χ1v) is 9.41. The Labute approximate surface area is 166 Å². The van der Waals surface area contributed by atoms with Gasteiger partial charge in [0.25, 0.3) is 5.56 Å². The number of fused-ring (bicyclic) bond motifs is 1. The Morgan fingerprint density at radius 2 is 1.90 bits per heavy atom. The Bertz CT molecular complexity index is 1260. The number of halogens is 2. The minimum atomic E-state index is -0.740. The van der Waals surface area contributed by atoms with Crippen molar-refractivity contribution in [2.24, 2.45) is 0 Å². The van der Waals surface area contributed by atoms with Crippen molar-refractivity contribution >= 4 is 29.0 Å². The maximum absolute atomic E-state index is 13.7. The molecule has 0 fully saturated rings. The number of anilines is 1. The molecule has 0 aliphatic heterocycles. The van der Waals surface area contributed by atoms with Crippen molar-refractivity contribution in [3.63, 3.8) is 0 Å². The van der Waals surface area contributed by atoms with Crippen LogP contribution in [0, 0.1) is 11.6 Å². The molecule has 0 aliphatic carbocycles. The molecule has 2 heterocycles. The molecule has 0 saturated heterocycles. The van der Waals surface area contributed by atoms with Crippen molar-refractivity contribution in [3.8, 4) is 11.4 Å². The van der Waals surface area contributed by atoms with Crippen LogP contribution in [0.2, 0.25) is 0 Å². The number of carbonyl (C=O) groups is 1. The molecular formula is C19H13F2N5O2S. The molecule has 7 nitrogen and oxygen atoms in total. The van der Waals surface area contributed by atoms with Crippen LogP contribution in [0.25, 0.3) is 17.0 Å². The summed E-state index contributed by atoms with van der Waals surface area (Å²) in [6.45, 7) is 0. The zero-order valence-corrected chi connectivity index (χ0v) is 15.5. The van der Waals surface area contributed by atoms with Gasteiger partial charge in [0.1, 0.15) is 11.6 Å². The third-order valence-electron chi connectivity index (χ3n) is 3.89. The van der Waals surface area contributed by atoms with Crippen LogP contribution in [0.15, 0.2) is 64.5 Å². The lowest BCUT2D eigenvalue weighted by molar-refractivity contribution is -0.113. The van der Waals surface area contributed by atoms with Crippen molar-refractivity contribution in [1.82, 2.24) is 19.6 Å². The molecular weight excluding hydrogens is 400 g/mol. The quantitative estimate of drug-likeness (QED) is 0.491. The smallest absolute Gasteiger partial charge is 0.266 e. The number of hydrogen-bond acceptors (Lipinski definition) is 5. The van der Waals surface area contributed by atoms with E-state index in [9.17, 15) is 18.4 Å². The van der Waals surface area contributed by atoms with E-state index in [1.165, 1.54) is 10.6 Å². The molecule has 0 atom stereocenters. The average molecular weight is 413 g/mol. The third-order valence-corrected chi connectivity index (χ3v) is 4.83. The number of benzene rings is 2. The average Bonchev–Trinajstić information content (AvgIpc) is 3.10. The number of thioether (sulfide) groups is 1. The monoisotopic (exact) mass is 413 g/mol. The number of rotatable bonds is 5. The van der Waals surface area contributed by atoms with Gasteiger partial charge in [-0.3, -0.25) is 14.7 Å². The topological polar surface area (TPSA) is 92.2 Å². The van der Waals surface area contributed by atoms with E-state index >= 15 is 0 Å². The predicted molar refractivity (Wildman–Crippen MR) is 105 cm³/mol. The van der Waals surface area contributed by atoms with Gasteiger partial charge in [0, 0.05) is 17.7 Å². The highest BCUT2D eigenvalue weighted by molar-refractivity contribution is 7.99. The van der Waals surface area contributed by atoms with Crippen LogP contribution in [-0.4, -0.2) is 31.2 Å². The zero-order valence-electron chi connectivity index (χ0n) is 14.7. The second-order valence-electron chi connectivity index (χ2n) is 5.97. The maximum Gasteiger partial charge on any atom is 0.266 e. The molecule has 0 radical (unpaired) electrons. The Kier molecular flexibility index (Phi) is 5.09. The maximum atomic E-state index is 13.7. The van der Waals surface area contributed by atoms with E-state index in [1.807, 2.05) is 30.3 Å². The van der Waals surface area contributed by atoms with Gasteiger partial charge in [-0.05, 0) is 12.1 Å². The number of nitrogens with zero attached hydrogens (tertiary/aromatic N) is 3. The summed E-state index contributed by atoms with van der Waals surface area (Å²) in [5.74, 6) is -1.71. The highest BCUT2D eigenvalue weighted by Gasteiger charge is 2.14. The lowest BCUT2D eigenvalue weighted by atomic mass is 10.2. The van der Waals surface area contributed by atoms with E-state index in [-0.39, 0.29) is 17.0 Å².